The quantitative estimate of drug-likeness (QED) is 0.140. The van der Waals surface area contributed by atoms with Crippen LogP contribution in [0.1, 0.15) is 13.3 Å². The molecule has 1 saturated heterocycles. The number of carbonyl (C=O) groups is 2. The summed E-state index contributed by atoms with van der Waals surface area (Å²) in [7, 11) is -4.45. The molecule has 1 amide bonds. The van der Waals surface area contributed by atoms with Gasteiger partial charge in [-0.3, -0.25) is 4.79 Å². The van der Waals surface area contributed by atoms with Gasteiger partial charge in [-0.05, 0) is 0 Å². The normalized spacial score (nSPS) is 29.9. The van der Waals surface area contributed by atoms with Gasteiger partial charge in [0.05, 0.1) is 25.4 Å². The van der Waals surface area contributed by atoms with Crippen LogP contribution in [-0.4, -0.2) is 83.3 Å². The molecule has 12 N–H and O–H groups in total. The fraction of sp³-hybridized carbons (Fsp3) is 0.733. The zero-order valence-corrected chi connectivity index (χ0v) is 18.2. The van der Waals surface area contributed by atoms with Crippen LogP contribution in [0.5, 0.6) is 0 Å². The molecule has 0 aliphatic carbocycles. The fourth-order valence-corrected chi connectivity index (χ4v) is 3.49. The van der Waals surface area contributed by atoms with Crippen molar-refractivity contribution < 1.29 is 53.5 Å². The molecule has 7 atom stereocenters. The van der Waals surface area contributed by atoms with Gasteiger partial charge in [0, 0.05) is 20.0 Å². The highest BCUT2D eigenvalue weighted by molar-refractivity contribution is 7.50. The number of hydrogen-bond donors (Lipinski definition) is 6. The maximum atomic E-state index is 11.8. The molecule has 0 aromatic heterocycles. The Hall–Kier alpha value is -1.45. The summed E-state index contributed by atoms with van der Waals surface area (Å²) in [6.45, 7) is 3.90. The maximum Gasteiger partial charge on any atom is 0.217 e. The first-order valence-electron chi connectivity index (χ1n) is 8.22. The predicted octanol–water partition coefficient (Wildman–Crippen LogP) is -3.04. The molecule has 14 nitrogen and oxygen atoms in total. The predicted molar refractivity (Wildman–Crippen MR) is 100 cm³/mol. The van der Waals surface area contributed by atoms with E-state index in [1.54, 1.807) is 0 Å². The standard InChI is InChI=1S/C15H26NO11P.2H3N/c1-4-5-25-15(14(21)22)6-10(27-28(3,23)24)11(16-8(2)18)13(26-15)12(20)9(19)7-17;;/h4,9-13,17,19-20H,1,5-7H2,2-3H3,(H,16,18)(H,21,22)(H,23,24);2*1H3/t9-,10+,11-,12-,13-,15-;;/m1../s1. The van der Waals surface area contributed by atoms with Crippen molar-refractivity contribution in [3.63, 3.8) is 0 Å². The lowest BCUT2D eigenvalue weighted by Gasteiger charge is -2.50. The van der Waals surface area contributed by atoms with E-state index in [0.717, 1.165) is 13.6 Å². The van der Waals surface area contributed by atoms with Crippen LogP contribution in [0.2, 0.25) is 0 Å². The number of rotatable bonds is 10. The van der Waals surface area contributed by atoms with Crippen molar-refractivity contribution in [1.82, 2.24) is 17.6 Å². The van der Waals surface area contributed by atoms with Crippen LogP contribution in [-0.2, 0) is 28.2 Å². The molecule has 0 saturated carbocycles. The second-order valence-electron chi connectivity index (χ2n) is 6.31. The lowest BCUT2D eigenvalue weighted by Crippen LogP contribution is -2.70. The zero-order valence-electron chi connectivity index (χ0n) is 17.3. The number of aliphatic carboxylic acids is 1. The molecule has 1 unspecified atom stereocenters. The van der Waals surface area contributed by atoms with Crippen molar-refractivity contribution >= 4 is 19.5 Å². The Balaban J connectivity index is 0. The summed E-state index contributed by atoms with van der Waals surface area (Å²) >= 11 is 0. The van der Waals surface area contributed by atoms with Crippen molar-refractivity contribution in [2.45, 2.75) is 49.6 Å². The van der Waals surface area contributed by atoms with Gasteiger partial charge in [0.25, 0.3) is 0 Å². The summed E-state index contributed by atoms with van der Waals surface area (Å²) in [5.41, 5.74) is 0. The Morgan fingerprint density at radius 3 is 2.40 bits per heavy atom. The maximum absolute atomic E-state index is 11.8. The Bertz CT molecular complexity index is 631. The van der Waals surface area contributed by atoms with Gasteiger partial charge in [0.2, 0.25) is 11.7 Å². The molecule has 0 aromatic rings. The molecule has 0 spiro atoms. The SMILES string of the molecule is C=CCO[C@]1(C(=O)[O-])C[C@H](OP(C)(=O)[O-])[C@@H](NC(C)=O)[C@H]([C@H](O)[C@H](O)CO)O1.[NH4+].[NH4+]. The van der Waals surface area contributed by atoms with Gasteiger partial charge in [-0.2, -0.15) is 0 Å². The second kappa shape index (κ2) is 12.4. The molecule has 0 radical (unpaired) electrons. The number of aliphatic hydroxyl groups is 3. The minimum absolute atomic E-state index is 0. The summed E-state index contributed by atoms with van der Waals surface area (Å²) in [6, 6.07) is -1.41. The number of nitrogens with one attached hydrogen (secondary N) is 1. The lowest BCUT2D eigenvalue weighted by atomic mass is 9.88. The smallest absolute Gasteiger partial charge is 0.217 e. The number of carboxylic acid groups (broad SMARTS) is 1. The van der Waals surface area contributed by atoms with Gasteiger partial charge in [-0.1, -0.05) is 6.08 Å². The third kappa shape index (κ3) is 8.00. The highest BCUT2D eigenvalue weighted by atomic mass is 31.2. The van der Waals surface area contributed by atoms with Crippen LogP contribution < -0.4 is 27.6 Å². The summed E-state index contributed by atoms with van der Waals surface area (Å²) < 4.78 is 27.1. The van der Waals surface area contributed by atoms with Crippen molar-refractivity contribution in [3.05, 3.63) is 12.7 Å². The molecule has 0 aromatic carbocycles. The number of ether oxygens (including phenoxy) is 2. The van der Waals surface area contributed by atoms with Crippen LogP contribution >= 0.6 is 7.60 Å². The van der Waals surface area contributed by atoms with E-state index in [1.807, 2.05) is 0 Å². The lowest BCUT2D eigenvalue weighted by molar-refractivity contribution is -0.380. The van der Waals surface area contributed by atoms with E-state index in [4.69, 9.17) is 19.1 Å². The number of aliphatic hydroxyl groups excluding tert-OH is 3. The molecule has 30 heavy (non-hydrogen) atoms. The molecule has 0 bridgehead atoms. The van der Waals surface area contributed by atoms with E-state index >= 15 is 0 Å². The molecular formula is C15H32N3O11P. The second-order valence-corrected chi connectivity index (χ2v) is 8.06. The Labute approximate surface area is 173 Å². The van der Waals surface area contributed by atoms with Crippen molar-refractivity contribution in [1.29, 1.82) is 0 Å². The van der Waals surface area contributed by atoms with E-state index in [9.17, 15) is 34.4 Å². The Morgan fingerprint density at radius 2 is 2.00 bits per heavy atom. The molecule has 178 valence electrons. The van der Waals surface area contributed by atoms with Gasteiger partial charge in [0.1, 0.15) is 31.9 Å². The van der Waals surface area contributed by atoms with Crippen LogP contribution in [0, 0.1) is 0 Å². The van der Waals surface area contributed by atoms with Crippen LogP contribution in [0.3, 0.4) is 0 Å². The minimum Gasteiger partial charge on any atom is -0.779 e. The van der Waals surface area contributed by atoms with Crippen molar-refractivity contribution in [3.8, 4) is 0 Å². The Kier molecular flexibility index (Phi) is 12.7. The van der Waals surface area contributed by atoms with Gasteiger partial charge in [-0.15, -0.1) is 6.58 Å². The number of amides is 1. The minimum atomic E-state index is -4.45. The first kappa shape index (κ1) is 30.7. The number of carbonyl (C=O) groups excluding carboxylic acids is 2. The van der Waals surface area contributed by atoms with Crippen LogP contribution in [0.25, 0.3) is 0 Å². The number of carboxylic acids is 1. The van der Waals surface area contributed by atoms with E-state index < -0.39 is 68.7 Å². The average Bonchev–Trinajstić information content (AvgIpc) is 2.58. The summed E-state index contributed by atoms with van der Waals surface area (Å²) in [4.78, 5) is 35.0. The van der Waals surface area contributed by atoms with Gasteiger partial charge in [-0.25, -0.2) is 0 Å². The average molecular weight is 461 g/mol. The van der Waals surface area contributed by atoms with E-state index in [2.05, 4.69) is 11.9 Å². The molecule has 1 heterocycles. The van der Waals surface area contributed by atoms with Gasteiger partial charge in [0.15, 0.2) is 0 Å². The highest BCUT2D eigenvalue weighted by Crippen LogP contribution is 2.41. The first-order valence-corrected chi connectivity index (χ1v) is 10.2. The zero-order chi connectivity index (χ0) is 21.7. The summed E-state index contributed by atoms with van der Waals surface area (Å²) in [5, 5.41) is 43.2. The van der Waals surface area contributed by atoms with Crippen molar-refractivity contribution in [2.75, 3.05) is 19.9 Å². The summed E-state index contributed by atoms with van der Waals surface area (Å²) in [6.07, 6.45) is -6.58. The van der Waals surface area contributed by atoms with Crippen molar-refractivity contribution in [2.24, 2.45) is 0 Å². The van der Waals surface area contributed by atoms with E-state index in [-0.39, 0.29) is 18.9 Å². The third-order valence-electron chi connectivity index (χ3n) is 3.91. The monoisotopic (exact) mass is 461 g/mol. The third-order valence-corrected chi connectivity index (χ3v) is 4.56. The topological polar surface area (TPSA) is 271 Å². The molecule has 1 rings (SSSR count). The number of hydrogen-bond acceptors (Lipinski definition) is 11. The molecule has 1 fully saturated rings. The van der Waals surface area contributed by atoms with E-state index in [0.29, 0.717) is 0 Å². The first-order chi connectivity index (χ1) is 12.9. The van der Waals surface area contributed by atoms with Crippen LogP contribution in [0.4, 0.5) is 0 Å². The van der Waals surface area contributed by atoms with Gasteiger partial charge < -0.3 is 66.3 Å². The molecule has 15 heteroatoms. The number of quaternary nitrogens is 2. The molecule has 1 aliphatic rings. The van der Waals surface area contributed by atoms with Gasteiger partial charge >= 0.3 is 0 Å². The fourth-order valence-electron chi connectivity index (χ4n) is 2.79. The molecular weight excluding hydrogens is 429 g/mol. The Morgan fingerprint density at radius 1 is 1.43 bits per heavy atom. The highest BCUT2D eigenvalue weighted by Gasteiger charge is 2.53. The largest absolute Gasteiger partial charge is 0.779 e. The molecule has 1 aliphatic heterocycles. The van der Waals surface area contributed by atoms with E-state index in [1.165, 1.54) is 6.08 Å². The van der Waals surface area contributed by atoms with Crippen LogP contribution in [0.15, 0.2) is 12.7 Å². The summed E-state index contributed by atoms with van der Waals surface area (Å²) in [5.74, 6) is -5.16.